The molecule has 1 aromatic rings. The Balaban J connectivity index is 1.46. The summed E-state index contributed by atoms with van der Waals surface area (Å²) in [7, 11) is 0. The van der Waals surface area contributed by atoms with E-state index in [1.807, 2.05) is 18.2 Å². The van der Waals surface area contributed by atoms with E-state index < -0.39 is 0 Å². The first-order chi connectivity index (χ1) is 9.81. The lowest BCUT2D eigenvalue weighted by Crippen LogP contribution is -2.33. The van der Waals surface area contributed by atoms with Crippen molar-refractivity contribution in [2.45, 2.75) is 24.2 Å². The molecular formula is C15H19NO3S. The third-order valence-corrected chi connectivity index (χ3v) is 4.69. The van der Waals surface area contributed by atoms with Crippen molar-refractivity contribution < 1.29 is 14.3 Å². The number of benzene rings is 1. The highest BCUT2D eigenvalue weighted by Crippen LogP contribution is 2.34. The highest BCUT2D eigenvalue weighted by atomic mass is 32.2. The molecule has 0 unspecified atom stereocenters. The van der Waals surface area contributed by atoms with Crippen LogP contribution < -0.4 is 14.8 Å². The summed E-state index contributed by atoms with van der Waals surface area (Å²) in [6.07, 6.45) is 3.83. The summed E-state index contributed by atoms with van der Waals surface area (Å²) in [5, 5.41) is 3.00. The Bertz CT molecular complexity index is 488. The Hall–Kier alpha value is -1.36. The monoisotopic (exact) mass is 293 g/mol. The molecule has 0 atom stereocenters. The van der Waals surface area contributed by atoms with E-state index in [0.717, 1.165) is 22.9 Å². The number of carbonyl (C=O) groups is 1. The molecule has 1 aliphatic carbocycles. The minimum absolute atomic E-state index is 0.108. The fourth-order valence-corrected chi connectivity index (χ4v) is 3.02. The van der Waals surface area contributed by atoms with E-state index in [2.05, 4.69) is 5.32 Å². The number of carbonyl (C=O) groups excluding carboxylic acids is 1. The van der Waals surface area contributed by atoms with Gasteiger partial charge >= 0.3 is 0 Å². The first kappa shape index (κ1) is 13.6. The molecule has 0 aromatic heterocycles. The predicted octanol–water partition coefficient (Wildman–Crippen LogP) is 2.47. The molecule has 1 fully saturated rings. The molecule has 0 radical (unpaired) electrons. The maximum Gasteiger partial charge on any atom is 0.230 e. The van der Waals surface area contributed by atoms with Crippen LogP contribution in [0.3, 0.4) is 0 Å². The van der Waals surface area contributed by atoms with E-state index >= 15 is 0 Å². The number of hydrogen-bond donors (Lipinski definition) is 1. The molecule has 0 spiro atoms. The van der Waals surface area contributed by atoms with Gasteiger partial charge in [0.15, 0.2) is 11.5 Å². The molecule has 1 saturated carbocycles. The third kappa shape index (κ3) is 3.39. The molecule has 2 aliphatic rings. The van der Waals surface area contributed by atoms with Gasteiger partial charge in [-0.2, -0.15) is 0 Å². The van der Waals surface area contributed by atoms with Gasteiger partial charge in [-0.25, -0.2) is 0 Å². The van der Waals surface area contributed by atoms with Crippen LogP contribution in [-0.4, -0.2) is 31.4 Å². The summed E-state index contributed by atoms with van der Waals surface area (Å²) < 4.78 is 11.0. The fourth-order valence-electron chi connectivity index (χ4n) is 2.27. The second-order valence-electron chi connectivity index (χ2n) is 5.20. The molecule has 20 heavy (non-hydrogen) atoms. The molecule has 1 N–H and O–H groups in total. The Morgan fingerprint density at radius 3 is 2.80 bits per heavy atom. The molecule has 5 heteroatoms. The van der Waals surface area contributed by atoms with Crippen LogP contribution in [0.5, 0.6) is 11.5 Å². The van der Waals surface area contributed by atoms with Crippen LogP contribution >= 0.6 is 11.8 Å². The van der Waals surface area contributed by atoms with Gasteiger partial charge in [-0.1, -0.05) is 6.42 Å². The zero-order chi connectivity index (χ0) is 13.8. The molecule has 1 aliphatic heterocycles. The van der Waals surface area contributed by atoms with Gasteiger partial charge in [-0.15, -0.1) is 11.8 Å². The molecule has 1 heterocycles. The molecular weight excluding hydrogens is 274 g/mol. The maximum atomic E-state index is 11.8. The van der Waals surface area contributed by atoms with Crippen LogP contribution in [0, 0.1) is 5.92 Å². The smallest absolute Gasteiger partial charge is 0.230 e. The summed E-state index contributed by atoms with van der Waals surface area (Å²) >= 11 is 1.53. The van der Waals surface area contributed by atoms with Crippen molar-refractivity contribution in [2.24, 2.45) is 5.92 Å². The Labute approximate surface area is 123 Å². The average molecular weight is 293 g/mol. The van der Waals surface area contributed by atoms with Crippen LogP contribution in [0.2, 0.25) is 0 Å². The summed E-state index contributed by atoms with van der Waals surface area (Å²) in [5.74, 6) is 2.83. The summed E-state index contributed by atoms with van der Waals surface area (Å²) in [4.78, 5) is 12.8. The second-order valence-corrected chi connectivity index (χ2v) is 6.24. The summed E-state index contributed by atoms with van der Waals surface area (Å²) in [6.45, 7) is 2.02. The highest BCUT2D eigenvalue weighted by Gasteiger charge is 2.18. The second kappa shape index (κ2) is 6.39. The van der Waals surface area contributed by atoms with Crippen LogP contribution in [0.25, 0.3) is 0 Å². The lowest BCUT2D eigenvalue weighted by molar-refractivity contribution is -0.118. The molecule has 108 valence electrons. The third-order valence-electron chi connectivity index (χ3n) is 3.70. The van der Waals surface area contributed by atoms with E-state index in [4.69, 9.17) is 9.47 Å². The standard InChI is InChI=1S/C15H19NO3S/c17-15(16-9-11-2-1-3-11)10-20-12-4-5-13-14(8-12)19-7-6-18-13/h4-5,8,11H,1-3,6-7,9-10H2,(H,16,17). The van der Waals surface area contributed by atoms with E-state index in [-0.39, 0.29) is 5.91 Å². The number of rotatable bonds is 5. The number of fused-ring (bicyclic) bond motifs is 1. The molecule has 4 nitrogen and oxygen atoms in total. The summed E-state index contributed by atoms with van der Waals surface area (Å²) in [6, 6.07) is 5.82. The number of amides is 1. The van der Waals surface area contributed by atoms with Crippen molar-refractivity contribution in [1.82, 2.24) is 5.32 Å². The Kier molecular flexibility index (Phi) is 4.35. The number of ether oxygens (including phenoxy) is 2. The van der Waals surface area contributed by atoms with E-state index in [0.29, 0.717) is 24.9 Å². The average Bonchev–Trinajstić information content (AvgIpc) is 2.43. The van der Waals surface area contributed by atoms with Crippen LogP contribution in [0.15, 0.2) is 23.1 Å². The normalized spacial score (nSPS) is 17.4. The van der Waals surface area contributed by atoms with Gasteiger partial charge in [-0.3, -0.25) is 4.79 Å². The Morgan fingerprint density at radius 2 is 2.05 bits per heavy atom. The van der Waals surface area contributed by atoms with Gasteiger partial charge < -0.3 is 14.8 Å². The van der Waals surface area contributed by atoms with Crippen LogP contribution in [0.4, 0.5) is 0 Å². The first-order valence-corrected chi connectivity index (χ1v) is 8.09. The van der Waals surface area contributed by atoms with Gasteiger partial charge in [-0.05, 0) is 37.0 Å². The Morgan fingerprint density at radius 1 is 1.25 bits per heavy atom. The fraction of sp³-hybridized carbons (Fsp3) is 0.533. The van der Waals surface area contributed by atoms with Crippen molar-refractivity contribution >= 4 is 17.7 Å². The maximum absolute atomic E-state index is 11.8. The van der Waals surface area contributed by atoms with Crippen molar-refractivity contribution in [3.05, 3.63) is 18.2 Å². The molecule has 1 amide bonds. The molecule has 1 aromatic carbocycles. The van der Waals surface area contributed by atoms with E-state index in [9.17, 15) is 4.79 Å². The SMILES string of the molecule is O=C(CSc1ccc2c(c1)OCCO2)NCC1CCC1. The van der Waals surface area contributed by atoms with Crippen molar-refractivity contribution in [2.75, 3.05) is 25.5 Å². The minimum atomic E-state index is 0.108. The predicted molar refractivity (Wildman–Crippen MR) is 78.5 cm³/mol. The quantitative estimate of drug-likeness (QED) is 0.847. The van der Waals surface area contributed by atoms with Gasteiger partial charge in [0.05, 0.1) is 5.75 Å². The zero-order valence-corrected chi connectivity index (χ0v) is 12.2. The zero-order valence-electron chi connectivity index (χ0n) is 11.4. The van der Waals surface area contributed by atoms with Crippen molar-refractivity contribution in [3.8, 4) is 11.5 Å². The highest BCUT2D eigenvalue weighted by molar-refractivity contribution is 8.00. The van der Waals surface area contributed by atoms with Gasteiger partial charge in [0, 0.05) is 11.4 Å². The molecule has 3 rings (SSSR count). The lowest BCUT2D eigenvalue weighted by atomic mass is 9.85. The first-order valence-electron chi connectivity index (χ1n) is 7.10. The van der Waals surface area contributed by atoms with Crippen molar-refractivity contribution in [1.29, 1.82) is 0 Å². The minimum Gasteiger partial charge on any atom is -0.486 e. The van der Waals surface area contributed by atoms with Crippen LogP contribution in [0.1, 0.15) is 19.3 Å². The molecule has 0 bridgehead atoms. The van der Waals surface area contributed by atoms with Crippen molar-refractivity contribution in [3.63, 3.8) is 0 Å². The van der Waals surface area contributed by atoms with Gasteiger partial charge in [0.2, 0.25) is 5.91 Å². The number of thioether (sulfide) groups is 1. The largest absolute Gasteiger partial charge is 0.486 e. The summed E-state index contributed by atoms with van der Waals surface area (Å²) in [5.41, 5.74) is 0. The lowest BCUT2D eigenvalue weighted by Gasteiger charge is -2.25. The van der Waals surface area contributed by atoms with Gasteiger partial charge in [0.25, 0.3) is 0 Å². The van der Waals surface area contributed by atoms with Crippen LogP contribution in [-0.2, 0) is 4.79 Å². The van der Waals surface area contributed by atoms with E-state index in [1.54, 1.807) is 0 Å². The van der Waals surface area contributed by atoms with Gasteiger partial charge in [0.1, 0.15) is 13.2 Å². The molecule has 0 saturated heterocycles. The number of nitrogens with one attached hydrogen (secondary N) is 1. The topological polar surface area (TPSA) is 47.6 Å². The number of hydrogen-bond acceptors (Lipinski definition) is 4. The van der Waals surface area contributed by atoms with E-state index in [1.165, 1.54) is 31.0 Å².